The van der Waals surface area contributed by atoms with Crippen molar-refractivity contribution in [3.8, 4) is 5.75 Å². The van der Waals surface area contributed by atoms with E-state index in [1.165, 1.54) is 5.56 Å². The van der Waals surface area contributed by atoms with Gasteiger partial charge in [0.1, 0.15) is 12.4 Å². The van der Waals surface area contributed by atoms with Gasteiger partial charge in [0.25, 0.3) is 0 Å². The smallest absolute Gasteiger partial charge is 0.127 e. The number of hydrogen-bond acceptors (Lipinski definition) is 1. The van der Waals surface area contributed by atoms with E-state index in [1.54, 1.807) is 6.08 Å². The van der Waals surface area contributed by atoms with Gasteiger partial charge >= 0.3 is 0 Å². The van der Waals surface area contributed by atoms with Crippen LogP contribution in [0.2, 0.25) is 0 Å². The van der Waals surface area contributed by atoms with Crippen LogP contribution in [0.1, 0.15) is 16.7 Å². The predicted octanol–water partition coefficient (Wildman–Crippen LogP) is 3.61. The summed E-state index contributed by atoms with van der Waals surface area (Å²) in [6.45, 7) is 8.21. The molecular formula is C12H15ClO. The van der Waals surface area contributed by atoms with Gasteiger partial charge in [0.2, 0.25) is 0 Å². The SMILES string of the molecule is C=CCOc1c(C)ccc(C)c1CCl. The quantitative estimate of drug-likeness (QED) is 0.545. The minimum atomic E-state index is 0.486. The first-order chi connectivity index (χ1) is 6.70. The molecule has 0 unspecified atom stereocenters. The van der Waals surface area contributed by atoms with E-state index >= 15 is 0 Å². The Morgan fingerprint density at radius 2 is 2.00 bits per heavy atom. The van der Waals surface area contributed by atoms with Gasteiger partial charge in [-0.05, 0) is 25.0 Å². The van der Waals surface area contributed by atoms with Crippen LogP contribution in [0.25, 0.3) is 0 Å². The van der Waals surface area contributed by atoms with Crippen molar-refractivity contribution in [3.05, 3.63) is 41.5 Å². The van der Waals surface area contributed by atoms with E-state index in [-0.39, 0.29) is 0 Å². The Morgan fingerprint density at radius 3 is 2.57 bits per heavy atom. The van der Waals surface area contributed by atoms with Crippen LogP contribution in [0.15, 0.2) is 24.8 Å². The van der Waals surface area contributed by atoms with Crippen molar-refractivity contribution in [2.24, 2.45) is 0 Å². The molecule has 0 aromatic heterocycles. The summed E-state index contributed by atoms with van der Waals surface area (Å²) in [4.78, 5) is 0. The highest BCUT2D eigenvalue weighted by Crippen LogP contribution is 2.28. The maximum absolute atomic E-state index is 5.88. The largest absolute Gasteiger partial charge is 0.489 e. The van der Waals surface area contributed by atoms with Crippen LogP contribution in [-0.2, 0) is 5.88 Å². The van der Waals surface area contributed by atoms with E-state index in [0.717, 1.165) is 16.9 Å². The Hall–Kier alpha value is -0.950. The van der Waals surface area contributed by atoms with Gasteiger partial charge in [-0.1, -0.05) is 24.8 Å². The third-order valence-electron chi connectivity index (χ3n) is 2.17. The fourth-order valence-electron chi connectivity index (χ4n) is 1.35. The topological polar surface area (TPSA) is 9.23 Å². The average Bonchev–Trinajstić information content (AvgIpc) is 2.19. The van der Waals surface area contributed by atoms with Crippen molar-refractivity contribution in [2.45, 2.75) is 19.7 Å². The molecule has 0 fully saturated rings. The summed E-state index contributed by atoms with van der Waals surface area (Å²) in [6.07, 6.45) is 1.74. The van der Waals surface area contributed by atoms with Gasteiger partial charge in [-0.3, -0.25) is 0 Å². The molecule has 0 bridgehead atoms. The van der Waals surface area contributed by atoms with E-state index in [0.29, 0.717) is 12.5 Å². The van der Waals surface area contributed by atoms with E-state index in [2.05, 4.69) is 12.6 Å². The molecule has 0 saturated carbocycles. The second-order valence-electron chi connectivity index (χ2n) is 3.24. The summed E-state index contributed by atoms with van der Waals surface area (Å²) in [5, 5.41) is 0. The molecular weight excluding hydrogens is 196 g/mol. The molecule has 76 valence electrons. The minimum Gasteiger partial charge on any atom is -0.489 e. The number of ether oxygens (including phenoxy) is 1. The van der Waals surface area contributed by atoms with Gasteiger partial charge in [-0.15, -0.1) is 11.6 Å². The Kier molecular flexibility index (Phi) is 4.02. The molecule has 0 aliphatic carbocycles. The summed E-state index contributed by atoms with van der Waals surface area (Å²) in [6, 6.07) is 4.11. The molecule has 0 aliphatic heterocycles. The Bertz CT molecular complexity index is 331. The first-order valence-electron chi connectivity index (χ1n) is 4.59. The van der Waals surface area contributed by atoms with Crippen LogP contribution in [0, 0.1) is 13.8 Å². The van der Waals surface area contributed by atoms with Crippen molar-refractivity contribution in [1.82, 2.24) is 0 Å². The van der Waals surface area contributed by atoms with Crippen LogP contribution in [0.5, 0.6) is 5.75 Å². The number of hydrogen-bond donors (Lipinski definition) is 0. The second-order valence-corrected chi connectivity index (χ2v) is 3.51. The van der Waals surface area contributed by atoms with Crippen molar-refractivity contribution in [2.75, 3.05) is 6.61 Å². The summed E-state index contributed by atoms with van der Waals surface area (Å²) >= 11 is 5.88. The average molecular weight is 211 g/mol. The summed E-state index contributed by atoms with van der Waals surface area (Å²) in [7, 11) is 0. The summed E-state index contributed by atoms with van der Waals surface area (Å²) < 4.78 is 5.59. The van der Waals surface area contributed by atoms with Crippen molar-refractivity contribution >= 4 is 11.6 Å². The van der Waals surface area contributed by atoms with E-state index in [4.69, 9.17) is 16.3 Å². The fraction of sp³-hybridized carbons (Fsp3) is 0.333. The highest BCUT2D eigenvalue weighted by Gasteiger charge is 2.08. The molecule has 1 aromatic carbocycles. The molecule has 1 aromatic rings. The molecule has 1 rings (SSSR count). The standard InChI is InChI=1S/C12H15ClO/c1-4-7-14-12-10(3)6-5-9(2)11(12)8-13/h4-6H,1,7-8H2,2-3H3. The molecule has 0 radical (unpaired) electrons. The molecule has 2 heteroatoms. The number of aryl methyl sites for hydroxylation is 2. The number of rotatable bonds is 4. The number of halogens is 1. The van der Waals surface area contributed by atoms with Crippen molar-refractivity contribution in [3.63, 3.8) is 0 Å². The fourth-order valence-corrected chi connectivity index (χ4v) is 1.68. The normalized spacial score (nSPS) is 9.93. The zero-order chi connectivity index (χ0) is 10.6. The third-order valence-corrected chi connectivity index (χ3v) is 2.44. The molecule has 0 atom stereocenters. The predicted molar refractivity (Wildman–Crippen MR) is 61.2 cm³/mol. The van der Waals surface area contributed by atoms with Gasteiger partial charge in [0.15, 0.2) is 0 Å². The third kappa shape index (κ3) is 2.30. The highest BCUT2D eigenvalue weighted by atomic mass is 35.5. The molecule has 0 heterocycles. The summed E-state index contributed by atoms with van der Waals surface area (Å²) in [5.74, 6) is 1.39. The van der Waals surface area contributed by atoms with E-state index < -0.39 is 0 Å². The van der Waals surface area contributed by atoms with Crippen LogP contribution < -0.4 is 4.74 Å². The molecule has 1 nitrogen and oxygen atoms in total. The molecule has 0 saturated heterocycles. The zero-order valence-corrected chi connectivity index (χ0v) is 9.40. The van der Waals surface area contributed by atoms with Gasteiger partial charge in [0, 0.05) is 5.56 Å². The molecule has 14 heavy (non-hydrogen) atoms. The molecule has 0 spiro atoms. The molecule has 0 N–H and O–H groups in total. The van der Waals surface area contributed by atoms with Crippen molar-refractivity contribution < 1.29 is 4.74 Å². The van der Waals surface area contributed by atoms with Crippen LogP contribution in [0.3, 0.4) is 0 Å². The number of alkyl halides is 1. The Morgan fingerprint density at radius 1 is 1.36 bits per heavy atom. The number of benzene rings is 1. The van der Waals surface area contributed by atoms with Gasteiger partial charge in [0.05, 0.1) is 5.88 Å². The zero-order valence-electron chi connectivity index (χ0n) is 8.64. The highest BCUT2D eigenvalue weighted by molar-refractivity contribution is 6.17. The molecule has 0 aliphatic rings. The van der Waals surface area contributed by atoms with Crippen LogP contribution in [0.4, 0.5) is 0 Å². The van der Waals surface area contributed by atoms with Gasteiger partial charge in [-0.25, -0.2) is 0 Å². The lowest BCUT2D eigenvalue weighted by Crippen LogP contribution is -2.00. The van der Waals surface area contributed by atoms with Gasteiger partial charge < -0.3 is 4.74 Å². The van der Waals surface area contributed by atoms with Crippen LogP contribution in [-0.4, -0.2) is 6.61 Å². The lowest BCUT2D eigenvalue weighted by atomic mass is 10.1. The van der Waals surface area contributed by atoms with Gasteiger partial charge in [-0.2, -0.15) is 0 Å². The van der Waals surface area contributed by atoms with E-state index in [1.807, 2.05) is 19.9 Å². The minimum absolute atomic E-state index is 0.486. The maximum Gasteiger partial charge on any atom is 0.127 e. The second kappa shape index (κ2) is 5.06. The Balaban J connectivity index is 3.08. The Labute approximate surface area is 90.3 Å². The van der Waals surface area contributed by atoms with Crippen LogP contribution >= 0.6 is 11.6 Å². The maximum atomic E-state index is 5.88. The first-order valence-corrected chi connectivity index (χ1v) is 5.13. The monoisotopic (exact) mass is 210 g/mol. The lowest BCUT2D eigenvalue weighted by molar-refractivity contribution is 0.357. The van der Waals surface area contributed by atoms with Crippen molar-refractivity contribution in [1.29, 1.82) is 0 Å². The summed E-state index contributed by atoms with van der Waals surface area (Å²) in [5.41, 5.74) is 3.37. The lowest BCUT2D eigenvalue weighted by Gasteiger charge is -2.13. The first kappa shape index (κ1) is 11.1. The van der Waals surface area contributed by atoms with E-state index in [9.17, 15) is 0 Å². The molecule has 0 amide bonds.